The number of hydrogen-bond acceptors (Lipinski definition) is 3. The van der Waals surface area contributed by atoms with Crippen molar-refractivity contribution in [2.45, 2.75) is 64.1 Å². The van der Waals surface area contributed by atoms with Crippen LogP contribution in [0.2, 0.25) is 0 Å². The summed E-state index contributed by atoms with van der Waals surface area (Å²) >= 11 is 0. The van der Waals surface area contributed by atoms with Crippen molar-refractivity contribution in [3.05, 3.63) is 0 Å². The summed E-state index contributed by atoms with van der Waals surface area (Å²) in [6.45, 7) is 7.24. The van der Waals surface area contributed by atoms with Gasteiger partial charge >= 0.3 is 0 Å². The van der Waals surface area contributed by atoms with Crippen LogP contribution in [0.4, 0.5) is 0 Å². The van der Waals surface area contributed by atoms with E-state index in [9.17, 15) is 4.79 Å². The fourth-order valence-corrected chi connectivity index (χ4v) is 2.64. The summed E-state index contributed by atoms with van der Waals surface area (Å²) in [6, 6.07) is 1.03. The molecule has 2 N–H and O–H groups in total. The van der Waals surface area contributed by atoms with E-state index in [4.69, 9.17) is 0 Å². The summed E-state index contributed by atoms with van der Waals surface area (Å²) in [5.41, 5.74) is 0. The van der Waals surface area contributed by atoms with Crippen LogP contribution in [-0.2, 0) is 4.79 Å². The van der Waals surface area contributed by atoms with Crippen molar-refractivity contribution in [1.82, 2.24) is 15.5 Å². The van der Waals surface area contributed by atoms with Crippen molar-refractivity contribution in [2.24, 2.45) is 0 Å². The van der Waals surface area contributed by atoms with Crippen LogP contribution in [0.3, 0.4) is 0 Å². The number of nitrogens with one attached hydrogen (secondary N) is 2. The molecule has 1 saturated carbocycles. The average molecular weight is 253 g/mol. The first-order chi connectivity index (χ1) is 8.70. The van der Waals surface area contributed by atoms with Gasteiger partial charge in [-0.2, -0.15) is 0 Å². The molecule has 0 aromatic rings. The summed E-state index contributed by atoms with van der Waals surface area (Å²) in [6.07, 6.45) is 6.18. The van der Waals surface area contributed by atoms with E-state index in [2.05, 4.69) is 22.5 Å². The van der Waals surface area contributed by atoms with Gasteiger partial charge in [0.1, 0.15) is 0 Å². The van der Waals surface area contributed by atoms with E-state index >= 15 is 0 Å². The highest BCUT2D eigenvalue weighted by Crippen LogP contribution is 2.19. The second kappa shape index (κ2) is 6.53. The summed E-state index contributed by atoms with van der Waals surface area (Å²) in [7, 11) is 0. The molecule has 2 atom stereocenters. The van der Waals surface area contributed by atoms with Crippen LogP contribution in [0.15, 0.2) is 0 Å². The maximum Gasteiger partial charge on any atom is 0.237 e. The minimum atomic E-state index is -0.000624. The molecule has 1 amide bonds. The van der Waals surface area contributed by atoms with Crippen molar-refractivity contribution >= 4 is 5.91 Å². The minimum absolute atomic E-state index is 0.000624. The van der Waals surface area contributed by atoms with E-state index < -0.39 is 0 Å². The molecule has 4 nitrogen and oxygen atoms in total. The molecule has 2 aliphatic rings. The van der Waals surface area contributed by atoms with Gasteiger partial charge in [0.05, 0.1) is 6.04 Å². The Labute approximate surface area is 110 Å². The Morgan fingerprint density at radius 2 is 2.17 bits per heavy atom. The van der Waals surface area contributed by atoms with E-state index in [1.54, 1.807) is 0 Å². The standard InChI is InChI=1S/C14H27N3O/c1-3-17(10-13-6-4-5-9-15-13)11(2)14(18)16-12-7-8-12/h11-13,15H,3-10H2,1-2H3,(H,16,18). The third kappa shape index (κ3) is 3.95. The number of carbonyl (C=O) groups is 1. The van der Waals surface area contributed by atoms with Gasteiger partial charge in [-0.1, -0.05) is 13.3 Å². The normalized spacial score (nSPS) is 26.1. The summed E-state index contributed by atoms with van der Waals surface area (Å²) in [5.74, 6) is 0.204. The van der Waals surface area contributed by atoms with E-state index in [0.717, 1.165) is 32.5 Å². The smallest absolute Gasteiger partial charge is 0.237 e. The molecular formula is C14H27N3O. The van der Waals surface area contributed by atoms with Crippen LogP contribution in [0, 0.1) is 0 Å². The molecule has 0 aromatic carbocycles. The molecule has 1 saturated heterocycles. The zero-order chi connectivity index (χ0) is 13.0. The van der Waals surface area contributed by atoms with Crippen LogP contribution in [0.25, 0.3) is 0 Å². The van der Waals surface area contributed by atoms with Crippen molar-refractivity contribution in [3.8, 4) is 0 Å². The second-order valence-electron chi connectivity index (χ2n) is 5.69. The molecule has 104 valence electrons. The summed E-state index contributed by atoms with van der Waals surface area (Å²) in [4.78, 5) is 14.4. The lowest BCUT2D eigenvalue weighted by atomic mass is 10.0. The topological polar surface area (TPSA) is 44.4 Å². The van der Waals surface area contributed by atoms with E-state index in [0.29, 0.717) is 12.1 Å². The predicted octanol–water partition coefficient (Wildman–Crippen LogP) is 1.12. The van der Waals surface area contributed by atoms with Crippen molar-refractivity contribution in [2.75, 3.05) is 19.6 Å². The maximum absolute atomic E-state index is 12.1. The van der Waals surface area contributed by atoms with Crippen LogP contribution in [0.5, 0.6) is 0 Å². The third-order valence-electron chi connectivity index (χ3n) is 4.12. The zero-order valence-corrected chi connectivity index (χ0v) is 11.7. The molecule has 2 unspecified atom stereocenters. The number of piperidine rings is 1. The number of hydrogen-bond donors (Lipinski definition) is 2. The molecule has 18 heavy (non-hydrogen) atoms. The van der Waals surface area contributed by atoms with Crippen molar-refractivity contribution < 1.29 is 4.79 Å². The fourth-order valence-electron chi connectivity index (χ4n) is 2.64. The lowest BCUT2D eigenvalue weighted by molar-refractivity contribution is -0.126. The van der Waals surface area contributed by atoms with Gasteiger partial charge in [0, 0.05) is 18.6 Å². The van der Waals surface area contributed by atoms with Crippen LogP contribution >= 0.6 is 0 Å². The largest absolute Gasteiger partial charge is 0.352 e. The third-order valence-corrected chi connectivity index (χ3v) is 4.12. The molecule has 1 aliphatic heterocycles. The number of carbonyl (C=O) groups excluding carboxylic acids is 1. The highest BCUT2D eigenvalue weighted by Gasteiger charge is 2.28. The van der Waals surface area contributed by atoms with Gasteiger partial charge in [0.2, 0.25) is 5.91 Å². The van der Waals surface area contributed by atoms with Gasteiger partial charge in [0.25, 0.3) is 0 Å². The first-order valence-electron chi connectivity index (χ1n) is 7.48. The van der Waals surface area contributed by atoms with Crippen molar-refractivity contribution in [1.29, 1.82) is 0 Å². The van der Waals surface area contributed by atoms with Gasteiger partial charge < -0.3 is 10.6 Å². The second-order valence-corrected chi connectivity index (χ2v) is 5.69. The molecule has 0 aromatic heterocycles. The van der Waals surface area contributed by atoms with Crippen LogP contribution < -0.4 is 10.6 Å². The first-order valence-corrected chi connectivity index (χ1v) is 7.48. The molecule has 2 rings (SSSR count). The van der Waals surface area contributed by atoms with Crippen LogP contribution in [0.1, 0.15) is 46.0 Å². The lowest BCUT2D eigenvalue weighted by Crippen LogP contribution is -2.51. The molecule has 2 fully saturated rings. The maximum atomic E-state index is 12.1. The Morgan fingerprint density at radius 3 is 2.72 bits per heavy atom. The molecule has 1 heterocycles. The Kier molecular flexibility index (Phi) is 5.01. The molecular weight excluding hydrogens is 226 g/mol. The number of likely N-dealkylation sites (N-methyl/N-ethyl adjacent to an activating group) is 1. The Morgan fingerprint density at radius 1 is 1.39 bits per heavy atom. The average Bonchev–Trinajstić information content (AvgIpc) is 3.20. The van der Waals surface area contributed by atoms with E-state index in [-0.39, 0.29) is 11.9 Å². The summed E-state index contributed by atoms with van der Waals surface area (Å²) < 4.78 is 0. The monoisotopic (exact) mass is 253 g/mol. The van der Waals surface area contributed by atoms with E-state index in [1.165, 1.54) is 19.3 Å². The SMILES string of the molecule is CCN(CC1CCCCN1)C(C)C(=O)NC1CC1. The Bertz CT molecular complexity index is 272. The molecule has 0 radical (unpaired) electrons. The number of rotatable bonds is 6. The Balaban J connectivity index is 1.79. The zero-order valence-electron chi connectivity index (χ0n) is 11.7. The lowest BCUT2D eigenvalue weighted by Gasteiger charge is -2.33. The minimum Gasteiger partial charge on any atom is -0.352 e. The van der Waals surface area contributed by atoms with E-state index in [1.807, 2.05) is 6.92 Å². The van der Waals surface area contributed by atoms with Crippen LogP contribution in [-0.4, -0.2) is 48.6 Å². The van der Waals surface area contributed by atoms with Crippen molar-refractivity contribution in [3.63, 3.8) is 0 Å². The molecule has 1 aliphatic carbocycles. The van der Waals surface area contributed by atoms with Gasteiger partial charge in [0.15, 0.2) is 0 Å². The Hall–Kier alpha value is -0.610. The first kappa shape index (κ1) is 13.8. The summed E-state index contributed by atoms with van der Waals surface area (Å²) in [5, 5.41) is 6.66. The molecule has 4 heteroatoms. The van der Waals surface area contributed by atoms with Gasteiger partial charge in [-0.25, -0.2) is 0 Å². The highest BCUT2D eigenvalue weighted by atomic mass is 16.2. The number of nitrogens with zero attached hydrogens (tertiary/aromatic N) is 1. The van der Waals surface area contributed by atoms with Gasteiger partial charge in [-0.3, -0.25) is 9.69 Å². The predicted molar refractivity (Wildman–Crippen MR) is 73.5 cm³/mol. The molecule has 0 spiro atoms. The molecule has 0 bridgehead atoms. The fraction of sp³-hybridized carbons (Fsp3) is 0.929. The highest BCUT2D eigenvalue weighted by molar-refractivity contribution is 5.81. The van der Waals surface area contributed by atoms with Gasteiger partial charge in [-0.05, 0) is 45.7 Å². The quantitative estimate of drug-likeness (QED) is 0.745. The number of amides is 1. The van der Waals surface area contributed by atoms with Gasteiger partial charge in [-0.15, -0.1) is 0 Å².